The van der Waals surface area contributed by atoms with Crippen LogP contribution in [0.25, 0.3) is 0 Å². The Balaban J connectivity index is 1.81. The standard InChI is InChI=1S/C13H26N2O3/c1-14-6-2-4-13(16)15-7-3-8-17-10-12-5-9-18-11-12/h12,14H,2-11H2,1H3,(H,15,16). The van der Waals surface area contributed by atoms with Crippen molar-refractivity contribution in [2.45, 2.75) is 25.7 Å². The van der Waals surface area contributed by atoms with Gasteiger partial charge in [-0.2, -0.15) is 0 Å². The number of carbonyl (C=O) groups is 1. The fraction of sp³-hybridized carbons (Fsp3) is 0.923. The zero-order valence-corrected chi connectivity index (χ0v) is 11.4. The van der Waals surface area contributed by atoms with E-state index in [-0.39, 0.29) is 5.91 Å². The Labute approximate surface area is 110 Å². The van der Waals surface area contributed by atoms with E-state index in [0.717, 1.165) is 45.6 Å². The first-order valence-corrected chi connectivity index (χ1v) is 6.89. The van der Waals surface area contributed by atoms with Gasteiger partial charge in [0, 0.05) is 32.1 Å². The molecule has 0 aromatic rings. The van der Waals surface area contributed by atoms with Gasteiger partial charge >= 0.3 is 0 Å². The molecule has 5 heteroatoms. The molecule has 1 unspecified atom stereocenters. The van der Waals surface area contributed by atoms with Crippen molar-refractivity contribution in [3.63, 3.8) is 0 Å². The SMILES string of the molecule is CNCCCC(=O)NCCCOCC1CCOC1. The van der Waals surface area contributed by atoms with Crippen LogP contribution in [0.5, 0.6) is 0 Å². The quantitative estimate of drug-likeness (QED) is 0.562. The molecular formula is C13H26N2O3. The lowest BCUT2D eigenvalue weighted by atomic mass is 10.1. The molecule has 0 radical (unpaired) electrons. The van der Waals surface area contributed by atoms with Gasteiger partial charge in [0.2, 0.25) is 5.91 Å². The van der Waals surface area contributed by atoms with Gasteiger partial charge in [0.25, 0.3) is 0 Å². The lowest BCUT2D eigenvalue weighted by molar-refractivity contribution is -0.121. The van der Waals surface area contributed by atoms with Crippen molar-refractivity contribution in [3.05, 3.63) is 0 Å². The molecule has 1 rings (SSSR count). The molecule has 1 aliphatic heterocycles. The minimum Gasteiger partial charge on any atom is -0.381 e. The minimum absolute atomic E-state index is 0.134. The van der Waals surface area contributed by atoms with Crippen LogP contribution in [-0.4, -0.2) is 52.5 Å². The van der Waals surface area contributed by atoms with Gasteiger partial charge in [-0.25, -0.2) is 0 Å². The second-order valence-corrected chi connectivity index (χ2v) is 4.72. The van der Waals surface area contributed by atoms with E-state index in [1.807, 2.05) is 7.05 Å². The van der Waals surface area contributed by atoms with Crippen molar-refractivity contribution in [1.29, 1.82) is 0 Å². The van der Waals surface area contributed by atoms with Crippen LogP contribution in [-0.2, 0) is 14.3 Å². The van der Waals surface area contributed by atoms with E-state index >= 15 is 0 Å². The van der Waals surface area contributed by atoms with Crippen molar-refractivity contribution >= 4 is 5.91 Å². The zero-order valence-electron chi connectivity index (χ0n) is 11.4. The number of carbonyl (C=O) groups excluding carboxylic acids is 1. The van der Waals surface area contributed by atoms with E-state index in [9.17, 15) is 4.79 Å². The average molecular weight is 258 g/mol. The smallest absolute Gasteiger partial charge is 0.220 e. The van der Waals surface area contributed by atoms with Crippen molar-refractivity contribution in [2.75, 3.05) is 46.6 Å². The van der Waals surface area contributed by atoms with E-state index in [2.05, 4.69) is 10.6 Å². The largest absolute Gasteiger partial charge is 0.381 e. The van der Waals surface area contributed by atoms with E-state index in [1.54, 1.807) is 0 Å². The predicted molar refractivity (Wildman–Crippen MR) is 70.5 cm³/mol. The topological polar surface area (TPSA) is 59.6 Å². The van der Waals surface area contributed by atoms with Gasteiger partial charge in [0.05, 0.1) is 13.2 Å². The predicted octanol–water partition coefficient (Wildman–Crippen LogP) is 0.545. The van der Waals surface area contributed by atoms with E-state index in [1.165, 1.54) is 0 Å². The summed E-state index contributed by atoms with van der Waals surface area (Å²) in [7, 11) is 1.89. The molecule has 1 aliphatic rings. The minimum atomic E-state index is 0.134. The number of rotatable bonds is 10. The Bertz CT molecular complexity index is 218. The second kappa shape index (κ2) is 10.3. The van der Waals surface area contributed by atoms with E-state index < -0.39 is 0 Å². The molecule has 0 bridgehead atoms. The maximum Gasteiger partial charge on any atom is 0.220 e. The van der Waals surface area contributed by atoms with Gasteiger partial charge in [-0.15, -0.1) is 0 Å². The fourth-order valence-corrected chi connectivity index (χ4v) is 1.88. The molecule has 0 saturated carbocycles. The summed E-state index contributed by atoms with van der Waals surface area (Å²) >= 11 is 0. The molecular weight excluding hydrogens is 232 g/mol. The molecule has 0 aliphatic carbocycles. The van der Waals surface area contributed by atoms with Gasteiger partial charge < -0.3 is 20.1 Å². The highest BCUT2D eigenvalue weighted by Gasteiger charge is 2.15. The molecule has 18 heavy (non-hydrogen) atoms. The lowest BCUT2D eigenvalue weighted by Gasteiger charge is -2.09. The molecule has 106 valence electrons. The molecule has 1 heterocycles. The normalized spacial score (nSPS) is 19.1. The average Bonchev–Trinajstić information content (AvgIpc) is 2.87. The van der Waals surface area contributed by atoms with Crippen LogP contribution in [0, 0.1) is 5.92 Å². The summed E-state index contributed by atoms with van der Waals surface area (Å²) < 4.78 is 10.8. The van der Waals surface area contributed by atoms with Gasteiger partial charge in [-0.05, 0) is 32.9 Å². The van der Waals surface area contributed by atoms with E-state index in [0.29, 0.717) is 25.5 Å². The Morgan fingerprint density at radius 1 is 1.39 bits per heavy atom. The summed E-state index contributed by atoms with van der Waals surface area (Å²) in [6.45, 7) is 4.81. The van der Waals surface area contributed by atoms with Crippen LogP contribution in [0.3, 0.4) is 0 Å². The lowest BCUT2D eigenvalue weighted by Crippen LogP contribution is -2.26. The summed E-state index contributed by atoms with van der Waals surface area (Å²) in [5, 5.41) is 5.92. The molecule has 0 aromatic heterocycles. The first kappa shape index (κ1) is 15.4. The molecule has 0 spiro atoms. The van der Waals surface area contributed by atoms with Gasteiger partial charge in [0.1, 0.15) is 0 Å². The summed E-state index contributed by atoms with van der Waals surface area (Å²) in [6.07, 6.45) is 3.48. The van der Waals surface area contributed by atoms with Crippen molar-refractivity contribution < 1.29 is 14.3 Å². The van der Waals surface area contributed by atoms with Crippen LogP contribution in [0.1, 0.15) is 25.7 Å². The van der Waals surface area contributed by atoms with Gasteiger partial charge in [0.15, 0.2) is 0 Å². The van der Waals surface area contributed by atoms with Crippen LogP contribution < -0.4 is 10.6 Å². The van der Waals surface area contributed by atoms with Crippen LogP contribution in [0.15, 0.2) is 0 Å². The number of nitrogens with one attached hydrogen (secondary N) is 2. The zero-order chi connectivity index (χ0) is 13.1. The van der Waals surface area contributed by atoms with Crippen LogP contribution >= 0.6 is 0 Å². The number of hydrogen-bond donors (Lipinski definition) is 2. The highest BCUT2D eigenvalue weighted by molar-refractivity contribution is 5.75. The number of amides is 1. The maximum atomic E-state index is 11.4. The summed E-state index contributed by atoms with van der Waals surface area (Å²) in [4.78, 5) is 11.4. The van der Waals surface area contributed by atoms with Crippen molar-refractivity contribution in [2.24, 2.45) is 5.92 Å². The van der Waals surface area contributed by atoms with Crippen LogP contribution in [0.4, 0.5) is 0 Å². The summed E-state index contributed by atoms with van der Waals surface area (Å²) in [5.74, 6) is 0.704. The van der Waals surface area contributed by atoms with Crippen molar-refractivity contribution in [1.82, 2.24) is 10.6 Å². The van der Waals surface area contributed by atoms with Crippen molar-refractivity contribution in [3.8, 4) is 0 Å². The molecule has 1 atom stereocenters. The molecule has 1 amide bonds. The van der Waals surface area contributed by atoms with E-state index in [4.69, 9.17) is 9.47 Å². The highest BCUT2D eigenvalue weighted by atomic mass is 16.5. The Morgan fingerprint density at radius 3 is 3.00 bits per heavy atom. The third-order valence-corrected chi connectivity index (χ3v) is 3.00. The molecule has 1 saturated heterocycles. The summed E-state index contributed by atoms with van der Waals surface area (Å²) in [5.41, 5.74) is 0. The molecule has 5 nitrogen and oxygen atoms in total. The maximum absolute atomic E-state index is 11.4. The molecule has 0 aromatic carbocycles. The Hall–Kier alpha value is -0.650. The second-order valence-electron chi connectivity index (χ2n) is 4.72. The Morgan fingerprint density at radius 2 is 2.28 bits per heavy atom. The van der Waals surface area contributed by atoms with Gasteiger partial charge in [-0.3, -0.25) is 4.79 Å². The third kappa shape index (κ3) is 7.63. The third-order valence-electron chi connectivity index (χ3n) is 3.00. The number of ether oxygens (including phenoxy) is 2. The highest BCUT2D eigenvalue weighted by Crippen LogP contribution is 2.12. The van der Waals surface area contributed by atoms with Crippen LogP contribution in [0.2, 0.25) is 0 Å². The molecule has 2 N–H and O–H groups in total. The summed E-state index contributed by atoms with van der Waals surface area (Å²) in [6, 6.07) is 0. The molecule has 1 fully saturated rings. The number of hydrogen-bond acceptors (Lipinski definition) is 4. The monoisotopic (exact) mass is 258 g/mol. The van der Waals surface area contributed by atoms with Gasteiger partial charge in [-0.1, -0.05) is 0 Å². The first-order valence-electron chi connectivity index (χ1n) is 6.89. The Kier molecular flexibility index (Phi) is 8.81. The fourth-order valence-electron chi connectivity index (χ4n) is 1.88. The first-order chi connectivity index (χ1) is 8.83.